The van der Waals surface area contributed by atoms with Gasteiger partial charge in [-0.05, 0) is 41.5 Å². The number of carbonyl (C=O) groups excluding carboxylic acids is 1. The first-order valence-corrected chi connectivity index (χ1v) is 8.80. The Morgan fingerprint density at radius 2 is 1.71 bits per heavy atom. The molecule has 4 aromatic rings. The SMILES string of the molecule is N=C(N)c1ccc2ncn(CC(=O)c3ccc(-c4cccc(N)c4)cc3)c2c1. The third-order valence-electron chi connectivity index (χ3n) is 4.67. The molecule has 0 aliphatic carbocycles. The number of fused-ring (bicyclic) bond motifs is 1. The summed E-state index contributed by atoms with van der Waals surface area (Å²) in [6.45, 7) is 0.162. The molecule has 0 radical (unpaired) electrons. The van der Waals surface area contributed by atoms with Gasteiger partial charge in [-0.1, -0.05) is 36.4 Å². The summed E-state index contributed by atoms with van der Waals surface area (Å²) >= 11 is 0. The summed E-state index contributed by atoms with van der Waals surface area (Å²) in [6, 6.07) is 20.4. The Labute approximate surface area is 161 Å². The number of Topliss-reactive ketones (excluding diaryl/α,β-unsaturated/α-hetero) is 1. The van der Waals surface area contributed by atoms with Crippen LogP contribution in [0.5, 0.6) is 0 Å². The fourth-order valence-corrected chi connectivity index (χ4v) is 3.16. The first-order valence-electron chi connectivity index (χ1n) is 8.80. The number of amidine groups is 1. The molecule has 6 heteroatoms. The molecule has 28 heavy (non-hydrogen) atoms. The second-order valence-electron chi connectivity index (χ2n) is 6.62. The van der Waals surface area contributed by atoms with E-state index in [4.69, 9.17) is 16.9 Å². The molecule has 1 aromatic heterocycles. The van der Waals surface area contributed by atoms with Crippen molar-refractivity contribution in [3.63, 3.8) is 0 Å². The van der Waals surface area contributed by atoms with Gasteiger partial charge in [0, 0.05) is 16.8 Å². The number of hydrogen-bond acceptors (Lipinski definition) is 4. The van der Waals surface area contributed by atoms with Crippen LogP contribution in [-0.2, 0) is 6.54 Å². The van der Waals surface area contributed by atoms with E-state index in [1.807, 2.05) is 48.5 Å². The highest BCUT2D eigenvalue weighted by molar-refractivity contribution is 5.99. The number of nitrogen functional groups attached to an aromatic ring is 2. The van der Waals surface area contributed by atoms with Crippen LogP contribution in [-0.4, -0.2) is 21.2 Å². The van der Waals surface area contributed by atoms with E-state index in [0.29, 0.717) is 16.8 Å². The average molecular weight is 369 g/mol. The smallest absolute Gasteiger partial charge is 0.182 e. The van der Waals surface area contributed by atoms with Crippen molar-refractivity contribution < 1.29 is 4.79 Å². The summed E-state index contributed by atoms with van der Waals surface area (Å²) in [5.41, 5.74) is 16.9. The molecular formula is C22H19N5O. The average Bonchev–Trinajstić information content (AvgIpc) is 3.10. The summed E-state index contributed by atoms with van der Waals surface area (Å²) in [4.78, 5) is 17.1. The van der Waals surface area contributed by atoms with E-state index >= 15 is 0 Å². The van der Waals surface area contributed by atoms with Gasteiger partial charge in [-0.15, -0.1) is 0 Å². The van der Waals surface area contributed by atoms with Gasteiger partial charge in [-0.2, -0.15) is 0 Å². The Kier molecular flexibility index (Phi) is 4.37. The molecule has 0 bridgehead atoms. The molecule has 0 aliphatic heterocycles. The molecule has 0 atom stereocenters. The van der Waals surface area contributed by atoms with E-state index in [1.54, 1.807) is 29.1 Å². The molecule has 0 unspecified atom stereocenters. The topological polar surface area (TPSA) is 111 Å². The Morgan fingerprint density at radius 3 is 2.43 bits per heavy atom. The number of nitrogens with two attached hydrogens (primary N) is 2. The molecule has 1 heterocycles. The maximum absolute atomic E-state index is 12.7. The lowest BCUT2D eigenvalue weighted by molar-refractivity contribution is 0.0973. The van der Waals surface area contributed by atoms with Crippen LogP contribution in [0, 0.1) is 5.41 Å². The van der Waals surface area contributed by atoms with E-state index in [2.05, 4.69) is 4.98 Å². The number of rotatable bonds is 5. The summed E-state index contributed by atoms with van der Waals surface area (Å²) in [6.07, 6.45) is 1.63. The minimum absolute atomic E-state index is 0.0156. The van der Waals surface area contributed by atoms with Crippen LogP contribution in [0.4, 0.5) is 5.69 Å². The van der Waals surface area contributed by atoms with Crippen molar-refractivity contribution in [1.29, 1.82) is 5.41 Å². The van der Waals surface area contributed by atoms with Crippen molar-refractivity contribution in [2.75, 3.05) is 5.73 Å². The highest BCUT2D eigenvalue weighted by Gasteiger charge is 2.11. The van der Waals surface area contributed by atoms with Gasteiger partial charge in [0.1, 0.15) is 5.84 Å². The maximum atomic E-state index is 12.7. The number of nitrogens with one attached hydrogen (secondary N) is 1. The van der Waals surface area contributed by atoms with Crippen molar-refractivity contribution in [2.45, 2.75) is 6.54 Å². The van der Waals surface area contributed by atoms with E-state index in [0.717, 1.165) is 22.2 Å². The van der Waals surface area contributed by atoms with Crippen LogP contribution in [0.2, 0.25) is 0 Å². The molecule has 4 rings (SSSR count). The second-order valence-corrected chi connectivity index (χ2v) is 6.62. The second kappa shape index (κ2) is 7.00. The van der Waals surface area contributed by atoms with Gasteiger partial charge in [-0.3, -0.25) is 10.2 Å². The van der Waals surface area contributed by atoms with Crippen LogP contribution >= 0.6 is 0 Å². The standard InChI is InChI=1S/C22H19N5O/c23-18-3-1-2-16(10-18)14-4-6-15(7-5-14)21(28)12-27-13-26-19-9-8-17(22(24)25)11-20(19)27/h1-11,13H,12,23H2,(H3,24,25). The maximum Gasteiger partial charge on any atom is 0.182 e. The number of anilines is 1. The Morgan fingerprint density at radius 1 is 0.964 bits per heavy atom. The van der Waals surface area contributed by atoms with Crippen LogP contribution in [0.15, 0.2) is 73.1 Å². The summed E-state index contributed by atoms with van der Waals surface area (Å²) in [7, 11) is 0. The number of hydrogen-bond donors (Lipinski definition) is 3. The zero-order valence-corrected chi connectivity index (χ0v) is 15.1. The molecule has 6 nitrogen and oxygen atoms in total. The van der Waals surface area contributed by atoms with Gasteiger partial charge in [0.05, 0.1) is 23.9 Å². The molecule has 138 valence electrons. The van der Waals surface area contributed by atoms with E-state index in [1.165, 1.54) is 0 Å². The normalized spacial score (nSPS) is 10.9. The molecule has 0 amide bonds. The third kappa shape index (κ3) is 3.35. The number of carbonyl (C=O) groups is 1. The lowest BCUT2D eigenvalue weighted by atomic mass is 10.0. The molecule has 5 N–H and O–H groups in total. The van der Waals surface area contributed by atoms with Crippen LogP contribution in [0.25, 0.3) is 22.2 Å². The van der Waals surface area contributed by atoms with Crippen molar-refractivity contribution in [2.24, 2.45) is 5.73 Å². The Balaban J connectivity index is 1.58. The van der Waals surface area contributed by atoms with Crippen molar-refractivity contribution >= 4 is 28.3 Å². The largest absolute Gasteiger partial charge is 0.399 e. The Bertz CT molecular complexity index is 1190. The van der Waals surface area contributed by atoms with Crippen molar-refractivity contribution in [3.05, 3.63) is 84.2 Å². The number of aromatic nitrogens is 2. The molecule has 0 spiro atoms. The van der Waals surface area contributed by atoms with Gasteiger partial charge in [0.2, 0.25) is 0 Å². The van der Waals surface area contributed by atoms with Gasteiger partial charge in [-0.25, -0.2) is 4.98 Å². The molecule has 0 fully saturated rings. The quantitative estimate of drug-likeness (QED) is 0.216. The number of nitrogens with zero attached hydrogens (tertiary/aromatic N) is 2. The highest BCUT2D eigenvalue weighted by Crippen LogP contribution is 2.22. The molecular weight excluding hydrogens is 350 g/mol. The monoisotopic (exact) mass is 369 g/mol. The minimum Gasteiger partial charge on any atom is -0.399 e. The lowest BCUT2D eigenvalue weighted by Gasteiger charge is -2.07. The van der Waals surface area contributed by atoms with Crippen LogP contribution < -0.4 is 11.5 Å². The van der Waals surface area contributed by atoms with Crippen LogP contribution in [0.3, 0.4) is 0 Å². The van der Waals surface area contributed by atoms with E-state index < -0.39 is 0 Å². The molecule has 0 aliphatic rings. The zero-order valence-electron chi connectivity index (χ0n) is 15.1. The van der Waals surface area contributed by atoms with Crippen LogP contribution in [0.1, 0.15) is 15.9 Å². The minimum atomic E-state index is -0.0216. The highest BCUT2D eigenvalue weighted by atomic mass is 16.1. The third-order valence-corrected chi connectivity index (χ3v) is 4.67. The van der Waals surface area contributed by atoms with Gasteiger partial charge in [0.15, 0.2) is 5.78 Å². The summed E-state index contributed by atoms with van der Waals surface area (Å²) in [5.74, 6) is -0.0373. The number of ketones is 1. The fourth-order valence-electron chi connectivity index (χ4n) is 3.16. The van der Waals surface area contributed by atoms with Gasteiger partial charge < -0.3 is 16.0 Å². The first kappa shape index (κ1) is 17.5. The lowest BCUT2D eigenvalue weighted by Crippen LogP contribution is -2.12. The van der Waals surface area contributed by atoms with Crippen molar-refractivity contribution in [1.82, 2.24) is 9.55 Å². The molecule has 3 aromatic carbocycles. The van der Waals surface area contributed by atoms with Gasteiger partial charge >= 0.3 is 0 Å². The first-order chi connectivity index (χ1) is 13.5. The summed E-state index contributed by atoms with van der Waals surface area (Å²) < 4.78 is 1.77. The van der Waals surface area contributed by atoms with E-state index in [9.17, 15) is 4.79 Å². The number of benzene rings is 3. The van der Waals surface area contributed by atoms with Gasteiger partial charge in [0.25, 0.3) is 0 Å². The molecule has 0 saturated carbocycles. The summed E-state index contributed by atoms with van der Waals surface area (Å²) in [5, 5.41) is 7.59. The molecule has 0 saturated heterocycles. The predicted octanol–water partition coefficient (Wildman–Crippen LogP) is 3.45. The Hall–Kier alpha value is -3.93. The predicted molar refractivity (Wildman–Crippen MR) is 111 cm³/mol. The fraction of sp³-hybridized carbons (Fsp3) is 0.0455. The zero-order chi connectivity index (χ0) is 19.7. The van der Waals surface area contributed by atoms with E-state index in [-0.39, 0.29) is 18.2 Å². The number of imidazole rings is 1. The van der Waals surface area contributed by atoms with Crippen molar-refractivity contribution in [3.8, 4) is 11.1 Å².